The number of rotatable bonds is 0. The Labute approximate surface area is 71.4 Å². The van der Waals surface area contributed by atoms with E-state index in [-0.39, 0.29) is 12.4 Å². The molecule has 1 aromatic carbocycles. The third-order valence-electron chi connectivity index (χ3n) is 1.05. The molecule has 6 N–H and O–H groups in total. The van der Waals surface area contributed by atoms with Gasteiger partial charge >= 0.3 is 0 Å². The van der Waals surface area contributed by atoms with E-state index >= 15 is 0 Å². The Bertz CT molecular complexity index is 238. The number of hydrogen-bond donors (Lipinski definition) is 4. The molecule has 0 saturated heterocycles. The number of aliphatic hydroxyl groups is 1. The van der Waals surface area contributed by atoms with E-state index in [2.05, 4.69) is 0 Å². The van der Waals surface area contributed by atoms with E-state index in [4.69, 9.17) is 21.7 Å². The molecule has 0 aliphatic rings. The van der Waals surface area contributed by atoms with Crippen molar-refractivity contribution >= 4 is 11.4 Å². The zero-order valence-corrected chi connectivity index (χ0v) is 6.99. The van der Waals surface area contributed by atoms with Crippen LogP contribution in [0.5, 0.6) is 5.75 Å². The lowest BCUT2D eigenvalue weighted by Gasteiger charge is -1.97. The summed E-state index contributed by atoms with van der Waals surface area (Å²) in [4.78, 5) is 0. The molecule has 1 aromatic rings. The van der Waals surface area contributed by atoms with Gasteiger partial charge in [0, 0.05) is 12.3 Å². The van der Waals surface area contributed by atoms with Crippen molar-refractivity contribution in [2.24, 2.45) is 0 Å². The van der Waals surface area contributed by atoms with Crippen molar-refractivity contribution in [3.63, 3.8) is 0 Å². The smallest absolute Gasteiger partial charge is 0.138 e. The quantitative estimate of drug-likeness (QED) is 0.260. The molecule has 0 fully saturated rings. The largest absolute Gasteiger partial charge is 0.506 e. The summed E-state index contributed by atoms with van der Waals surface area (Å²) in [7, 11) is 0. The van der Waals surface area contributed by atoms with E-state index in [1.54, 1.807) is 13.0 Å². The third-order valence-corrected chi connectivity index (χ3v) is 1.05. The molecule has 4 nitrogen and oxygen atoms in total. The predicted octanol–water partition coefficient (Wildman–Crippen LogP) is 0.555. The Hall–Kier alpha value is -1.42. The summed E-state index contributed by atoms with van der Waals surface area (Å²) in [5.74, 6) is 0.0733. The van der Waals surface area contributed by atoms with Crippen molar-refractivity contribution in [3.8, 4) is 5.75 Å². The lowest BCUT2D eigenvalue weighted by Crippen LogP contribution is -1.88. The molecule has 0 bridgehead atoms. The minimum absolute atomic E-state index is 0.0733. The molecule has 0 saturated carbocycles. The first-order valence-corrected chi connectivity index (χ1v) is 3.56. The van der Waals surface area contributed by atoms with Gasteiger partial charge in [-0.2, -0.15) is 0 Å². The molecule has 0 aliphatic carbocycles. The van der Waals surface area contributed by atoms with Crippen LogP contribution in [0.1, 0.15) is 6.92 Å². The first-order valence-electron chi connectivity index (χ1n) is 3.56. The van der Waals surface area contributed by atoms with Crippen LogP contribution in [0, 0.1) is 0 Å². The van der Waals surface area contributed by atoms with E-state index in [0.717, 1.165) is 0 Å². The fourth-order valence-electron chi connectivity index (χ4n) is 0.573. The Kier molecular flexibility index (Phi) is 4.64. The maximum Gasteiger partial charge on any atom is 0.138 e. The minimum Gasteiger partial charge on any atom is -0.506 e. The van der Waals surface area contributed by atoms with Gasteiger partial charge in [0.2, 0.25) is 0 Å². The van der Waals surface area contributed by atoms with Gasteiger partial charge in [0.15, 0.2) is 0 Å². The average Bonchev–Trinajstić information content (AvgIpc) is 1.99. The number of aromatic hydroxyl groups is 1. The van der Waals surface area contributed by atoms with Gasteiger partial charge in [-0.1, -0.05) is 0 Å². The maximum atomic E-state index is 8.86. The predicted molar refractivity (Wildman–Crippen MR) is 49.7 cm³/mol. The number of benzene rings is 1. The van der Waals surface area contributed by atoms with Gasteiger partial charge in [-0.05, 0) is 25.1 Å². The number of phenolic OH excluding ortho intramolecular Hbond substituents is 1. The average molecular weight is 170 g/mol. The van der Waals surface area contributed by atoms with Gasteiger partial charge in [0.1, 0.15) is 5.75 Å². The highest BCUT2D eigenvalue weighted by Crippen LogP contribution is 2.20. The minimum atomic E-state index is 0.0733. The van der Waals surface area contributed by atoms with Gasteiger partial charge in [0.25, 0.3) is 0 Å². The molecular formula is C8H14N2O2. The van der Waals surface area contributed by atoms with Crippen LogP contribution in [0.3, 0.4) is 0 Å². The summed E-state index contributed by atoms with van der Waals surface area (Å²) in [6, 6.07) is 4.56. The molecule has 68 valence electrons. The molecule has 0 atom stereocenters. The lowest BCUT2D eigenvalue weighted by atomic mass is 10.3. The standard InChI is InChI=1S/C6H8N2O.C2H6O/c7-4-1-2-6(9)5(8)3-4;1-2-3/h1-3,9H,7-8H2;3H,2H2,1H3. The topological polar surface area (TPSA) is 92.5 Å². The number of anilines is 2. The van der Waals surface area contributed by atoms with Crippen LogP contribution in [0.25, 0.3) is 0 Å². The van der Waals surface area contributed by atoms with Crippen molar-refractivity contribution < 1.29 is 10.2 Å². The molecular weight excluding hydrogens is 156 g/mol. The molecule has 0 radical (unpaired) electrons. The van der Waals surface area contributed by atoms with Gasteiger partial charge in [-0.3, -0.25) is 0 Å². The van der Waals surface area contributed by atoms with Gasteiger partial charge in [0.05, 0.1) is 5.69 Å². The maximum absolute atomic E-state index is 8.86. The molecule has 12 heavy (non-hydrogen) atoms. The second kappa shape index (κ2) is 5.26. The zero-order valence-electron chi connectivity index (χ0n) is 6.99. The molecule has 0 aromatic heterocycles. The fourth-order valence-corrected chi connectivity index (χ4v) is 0.573. The molecule has 0 aliphatic heterocycles. The molecule has 0 heterocycles. The second-order valence-electron chi connectivity index (χ2n) is 2.13. The number of phenols is 1. The van der Waals surface area contributed by atoms with E-state index in [9.17, 15) is 0 Å². The highest BCUT2D eigenvalue weighted by atomic mass is 16.3. The van der Waals surface area contributed by atoms with Crippen LogP contribution in [-0.2, 0) is 0 Å². The number of aliphatic hydroxyl groups excluding tert-OH is 1. The van der Waals surface area contributed by atoms with Crippen LogP contribution in [-0.4, -0.2) is 16.8 Å². The van der Waals surface area contributed by atoms with Crippen molar-refractivity contribution in [1.29, 1.82) is 0 Å². The Morgan fingerprint density at radius 2 is 1.83 bits per heavy atom. The van der Waals surface area contributed by atoms with Crippen LogP contribution < -0.4 is 11.5 Å². The number of hydrogen-bond acceptors (Lipinski definition) is 4. The summed E-state index contributed by atoms with van der Waals surface area (Å²) < 4.78 is 0. The van der Waals surface area contributed by atoms with Gasteiger partial charge in [-0.25, -0.2) is 0 Å². The molecule has 1 rings (SSSR count). The van der Waals surface area contributed by atoms with Crippen molar-refractivity contribution in [2.75, 3.05) is 18.1 Å². The van der Waals surface area contributed by atoms with E-state index in [1.807, 2.05) is 0 Å². The summed E-state index contributed by atoms with van der Waals surface area (Å²) in [6.45, 7) is 1.93. The van der Waals surface area contributed by atoms with Crippen LogP contribution in [0.2, 0.25) is 0 Å². The summed E-state index contributed by atoms with van der Waals surface area (Å²) >= 11 is 0. The summed E-state index contributed by atoms with van der Waals surface area (Å²) in [5.41, 5.74) is 11.5. The summed E-state index contributed by atoms with van der Waals surface area (Å²) in [5, 5.41) is 16.4. The SMILES string of the molecule is CCO.Nc1ccc(O)c(N)c1. The fraction of sp³-hybridized carbons (Fsp3) is 0.250. The molecule has 0 unspecified atom stereocenters. The highest BCUT2D eigenvalue weighted by molar-refractivity contribution is 5.59. The van der Waals surface area contributed by atoms with Crippen LogP contribution in [0.4, 0.5) is 11.4 Å². The van der Waals surface area contributed by atoms with Crippen LogP contribution >= 0.6 is 0 Å². The summed E-state index contributed by atoms with van der Waals surface area (Å²) in [6.07, 6.45) is 0. The van der Waals surface area contributed by atoms with Crippen molar-refractivity contribution in [1.82, 2.24) is 0 Å². The highest BCUT2D eigenvalue weighted by Gasteiger charge is 1.93. The second-order valence-corrected chi connectivity index (χ2v) is 2.13. The van der Waals surface area contributed by atoms with E-state index in [1.165, 1.54) is 12.1 Å². The van der Waals surface area contributed by atoms with Gasteiger partial charge < -0.3 is 21.7 Å². The van der Waals surface area contributed by atoms with Crippen molar-refractivity contribution in [3.05, 3.63) is 18.2 Å². The van der Waals surface area contributed by atoms with Crippen LogP contribution in [0.15, 0.2) is 18.2 Å². The normalized spacial score (nSPS) is 8.50. The monoisotopic (exact) mass is 170 g/mol. The Morgan fingerprint density at radius 1 is 1.33 bits per heavy atom. The first-order chi connectivity index (χ1) is 5.61. The third kappa shape index (κ3) is 3.68. The van der Waals surface area contributed by atoms with E-state index in [0.29, 0.717) is 11.4 Å². The number of nitrogens with two attached hydrogens (primary N) is 2. The molecule has 0 spiro atoms. The van der Waals surface area contributed by atoms with Crippen molar-refractivity contribution in [2.45, 2.75) is 6.92 Å². The Morgan fingerprint density at radius 3 is 2.17 bits per heavy atom. The Balaban J connectivity index is 0.000000354. The molecule has 4 heteroatoms. The van der Waals surface area contributed by atoms with Gasteiger partial charge in [-0.15, -0.1) is 0 Å². The molecule has 0 amide bonds. The zero-order chi connectivity index (χ0) is 9.56. The number of nitrogen functional groups attached to an aromatic ring is 2. The van der Waals surface area contributed by atoms with E-state index < -0.39 is 0 Å². The lowest BCUT2D eigenvalue weighted by molar-refractivity contribution is 0.318. The first kappa shape index (κ1) is 10.6.